The van der Waals surface area contributed by atoms with Gasteiger partial charge in [-0.05, 0) is 0 Å². The van der Waals surface area contributed by atoms with Gasteiger partial charge < -0.3 is 15.4 Å². The molecule has 82 valence electrons. The molecule has 0 radical (unpaired) electrons. The largest absolute Gasteiger partial charge is 0.468 e. The number of hydrogen-bond acceptors (Lipinski definition) is 4. The highest BCUT2D eigenvalue weighted by atomic mass is 79.9. The lowest BCUT2D eigenvalue weighted by Gasteiger charge is -2.08. The first kappa shape index (κ1) is 13.4. The van der Waals surface area contributed by atoms with Crippen LogP contribution < -0.4 is 10.6 Å². The maximum absolute atomic E-state index is 10.9. The maximum Gasteiger partial charge on any atom is 0.320 e. The summed E-state index contributed by atoms with van der Waals surface area (Å²) in [6.45, 7) is 0.989. The summed E-state index contributed by atoms with van der Waals surface area (Å²) in [6.07, 6.45) is 0.400. The Hall–Kier alpha value is -0.620. The van der Waals surface area contributed by atoms with E-state index in [1.54, 1.807) is 7.05 Å². The van der Waals surface area contributed by atoms with Crippen LogP contribution in [-0.4, -0.2) is 44.0 Å². The van der Waals surface area contributed by atoms with Gasteiger partial charge in [0.25, 0.3) is 0 Å². The van der Waals surface area contributed by atoms with Gasteiger partial charge in [0.2, 0.25) is 5.91 Å². The van der Waals surface area contributed by atoms with E-state index >= 15 is 0 Å². The second kappa shape index (κ2) is 7.75. The van der Waals surface area contributed by atoms with Crippen molar-refractivity contribution in [2.45, 2.75) is 11.2 Å². The topological polar surface area (TPSA) is 67.4 Å². The summed E-state index contributed by atoms with van der Waals surface area (Å²) < 4.78 is 4.51. The molecule has 0 aliphatic rings. The Morgan fingerprint density at radius 3 is 2.64 bits per heavy atom. The maximum atomic E-state index is 10.9. The molecule has 0 saturated carbocycles. The molecule has 0 spiro atoms. The van der Waals surface area contributed by atoms with Crippen molar-refractivity contribution >= 4 is 27.8 Å². The van der Waals surface area contributed by atoms with E-state index < -0.39 is 0 Å². The van der Waals surface area contributed by atoms with Gasteiger partial charge in [-0.3, -0.25) is 9.59 Å². The first-order valence-corrected chi connectivity index (χ1v) is 5.16. The minimum absolute atomic E-state index is 0.0262. The summed E-state index contributed by atoms with van der Waals surface area (Å²) in [5.41, 5.74) is 0. The lowest BCUT2D eigenvalue weighted by atomic mass is 10.3. The summed E-state index contributed by atoms with van der Waals surface area (Å²) >= 11 is 3.15. The van der Waals surface area contributed by atoms with Crippen molar-refractivity contribution in [3.05, 3.63) is 0 Å². The van der Waals surface area contributed by atoms with Crippen molar-refractivity contribution in [1.82, 2.24) is 10.6 Å². The molecule has 1 atom stereocenters. The molecule has 2 N–H and O–H groups in total. The molecule has 0 bridgehead atoms. The van der Waals surface area contributed by atoms with Crippen LogP contribution in [-0.2, 0) is 14.3 Å². The zero-order valence-electron chi connectivity index (χ0n) is 8.30. The lowest BCUT2D eigenvalue weighted by molar-refractivity contribution is -0.139. The van der Waals surface area contributed by atoms with Crippen LogP contribution in [0.15, 0.2) is 0 Å². The normalized spacial score (nSPS) is 11.9. The second-order valence-corrected chi connectivity index (χ2v) is 3.72. The quantitative estimate of drug-likeness (QED) is 0.392. The van der Waals surface area contributed by atoms with Gasteiger partial charge in [-0.25, -0.2) is 0 Å². The van der Waals surface area contributed by atoms with Crippen LogP contribution in [0.25, 0.3) is 0 Å². The van der Waals surface area contributed by atoms with Gasteiger partial charge in [-0.15, -0.1) is 0 Å². The van der Waals surface area contributed by atoms with E-state index in [-0.39, 0.29) is 16.7 Å². The summed E-state index contributed by atoms with van der Waals surface area (Å²) in [5.74, 6) is -0.348. The lowest BCUT2D eigenvalue weighted by Crippen LogP contribution is -2.32. The minimum atomic E-state index is -0.364. The third kappa shape index (κ3) is 5.93. The van der Waals surface area contributed by atoms with Gasteiger partial charge in [0.15, 0.2) is 0 Å². The van der Waals surface area contributed by atoms with Gasteiger partial charge >= 0.3 is 5.97 Å². The number of esters is 1. The van der Waals surface area contributed by atoms with Crippen molar-refractivity contribution in [3.8, 4) is 0 Å². The van der Waals surface area contributed by atoms with E-state index in [1.165, 1.54) is 7.11 Å². The van der Waals surface area contributed by atoms with E-state index in [0.29, 0.717) is 19.5 Å². The first-order chi connectivity index (χ1) is 6.61. The number of hydrogen-bond donors (Lipinski definition) is 2. The average Bonchev–Trinajstić information content (AvgIpc) is 2.22. The van der Waals surface area contributed by atoms with E-state index in [2.05, 4.69) is 31.3 Å². The van der Waals surface area contributed by atoms with Crippen molar-refractivity contribution in [2.75, 3.05) is 27.2 Å². The number of carbonyl (C=O) groups excluding carboxylic acids is 2. The van der Waals surface area contributed by atoms with Gasteiger partial charge in [-0.1, -0.05) is 15.9 Å². The fourth-order valence-corrected chi connectivity index (χ4v) is 1.18. The van der Waals surface area contributed by atoms with Gasteiger partial charge in [0.1, 0.15) is 4.83 Å². The standard InChI is InChI=1S/C8H15BrN2O3/c1-10-7(12)3-4-11-5-6(9)8(13)14-2/h6,11H,3-5H2,1-2H3,(H,10,12). The summed E-state index contributed by atoms with van der Waals surface area (Å²) in [4.78, 5) is 21.3. The molecule has 6 heteroatoms. The van der Waals surface area contributed by atoms with Gasteiger partial charge in [0.05, 0.1) is 7.11 Å². The molecule has 0 aromatic heterocycles. The number of alkyl halides is 1. The van der Waals surface area contributed by atoms with Crippen LogP contribution in [0.2, 0.25) is 0 Å². The summed E-state index contributed by atoms with van der Waals surface area (Å²) in [7, 11) is 2.92. The fraction of sp³-hybridized carbons (Fsp3) is 0.750. The molecule has 0 aromatic carbocycles. The van der Waals surface area contributed by atoms with Crippen molar-refractivity contribution < 1.29 is 14.3 Å². The fourth-order valence-electron chi connectivity index (χ4n) is 0.767. The predicted molar refractivity (Wildman–Crippen MR) is 56.3 cm³/mol. The molecule has 0 aliphatic heterocycles. The summed E-state index contributed by atoms with van der Waals surface area (Å²) in [5, 5.41) is 5.46. The van der Waals surface area contributed by atoms with Crippen LogP contribution in [0.1, 0.15) is 6.42 Å². The Morgan fingerprint density at radius 1 is 1.50 bits per heavy atom. The van der Waals surface area contributed by atoms with E-state index in [1.807, 2.05) is 0 Å². The molecular formula is C8H15BrN2O3. The monoisotopic (exact) mass is 266 g/mol. The van der Waals surface area contributed by atoms with E-state index in [4.69, 9.17) is 0 Å². The molecule has 14 heavy (non-hydrogen) atoms. The number of ether oxygens (including phenoxy) is 1. The molecule has 0 rings (SSSR count). The predicted octanol–water partition coefficient (Wildman–Crippen LogP) is -0.351. The minimum Gasteiger partial charge on any atom is -0.468 e. The highest BCUT2D eigenvalue weighted by Gasteiger charge is 2.13. The number of rotatable bonds is 6. The Bertz CT molecular complexity index is 199. The highest BCUT2D eigenvalue weighted by Crippen LogP contribution is 1.99. The number of carbonyl (C=O) groups is 2. The third-order valence-electron chi connectivity index (χ3n) is 1.59. The summed E-state index contributed by atoms with van der Waals surface area (Å²) in [6, 6.07) is 0. The molecule has 0 aliphatic carbocycles. The van der Waals surface area contributed by atoms with Crippen LogP contribution in [0.4, 0.5) is 0 Å². The number of nitrogens with one attached hydrogen (secondary N) is 2. The Morgan fingerprint density at radius 2 is 2.14 bits per heavy atom. The molecule has 1 amide bonds. The molecule has 0 heterocycles. The third-order valence-corrected chi connectivity index (χ3v) is 2.29. The van der Waals surface area contributed by atoms with Crippen LogP contribution in [0.5, 0.6) is 0 Å². The van der Waals surface area contributed by atoms with E-state index in [0.717, 1.165) is 0 Å². The van der Waals surface area contributed by atoms with Gasteiger partial charge in [-0.2, -0.15) is 0 Å². The molecule has 0 aromatic rings. The SMILES string of the molecule is CNC(=O)CCNCC(Br)C(=O)OC. The molecular weight excluding hydrogens is 252 g/mol. The van der Waals surface area contributed by atoms with Gasteiger partial charge in [0, 0.05) is 26.6 Å². The van der Waals surface area contributed by atoms with Crippen molar-refractivity contribution in [2.24, 2.45) is 0 Å². The first-order valence-electron chi connectivity index (χ1n) is 4.25. The smallest absolute Gasteiger partial charge is 0.320 e. The number of amides is 1. The second-order valence-electron chi connectivity index (χ2n) is 2.62. The molecule has 0 fully saturated rings. The Kier molecular flexibility index (Phi) is 7.41. The van der Waals surface area contributed by atoms with Crippen LogP contribution in [0.3, 0.4) is 0 Å². The number of halogens is 1. The molecule has 5 nitrogen and oxygen atoms in total. The Balaban J connectivity index is 3.45. The Labute approximate surface area is 91.7 Å². The molecule has 1 unspecified atom stereocenters. The highest BCUT2D eigenvalue weighted by molar-refractivity contribution is 9.10. The van der Waals surface area contributed by atoms with Crippen LogP contribution in [0, 0.1) is 0 Å². The average molecular weight is 267 g/mol. The zero-order chi connectivity index (χ0) is 11.0. The zero-order valence-corrected chi connectivity index (χ0v) is 9.89. The number of methoxy groups -OCH3 is 1. The molecule has 0 saturated heterocycles. The van der Waals surface area contributed by atoms with Crippen LogP contribution >= 0.6 is 15.9 Å². The van der Waals surface area contributed by atoms with Crippen molar-refractivity contribution in [1.29, 1.82) is 0 Å². The van der Waals surface area contributed by atoms with Crippen molar-refractivity contribution in [3.63, 3.8) is 0 Å². The van der Waals surface area contributed by atoms with E-state index in [9.17, 15) is 9.59 Å².